The van der Waals surface area contributed by atoms with Gasteiger partial charge in [0.2, 0.25) is 0 Å². The van der Waals surface area contributed by atoms with Crippen LogP contribution in [0.3, 0.4) is 0 Å². The molecule has 1 aromatic heterocycles. The Morgan fingerprint density at radius 2 is 1.92 bits per heavy atom. The third-order valence-corrected chi connectivity index (χ3v) is 5.45. The van der Waals surface area contributed by atoms with Gasteiger partial charge in [0.15, 0.2) is 0 Å². The van der Waals surface area contributed by atoms with Gasteiger partial charge in [0.1, 0.15) is 11.5 Å². The molecule has 3 rings (SSSR count). The monoisotopic (exact) mass is 513 g/mol. The van der Waals surface area contributed by atoms with Crippen LogP contribution in [-0.2, 0) is 30.5 Å². The van der Waals surface area contributed by atoms with Gasteiger partial charge in [-0.25, -0.2) is 4.79 Å². The summed E-state index contributed by atoms with van der Waals surface area (Å²) in [5.74, 6) is -1.74. The predicted octanol–water partition coefficient (Wildman–Crippen LogP) is 3.91. The average Bonchev–Trinajstić information content (AvgIpc) is 3.35. The molecule has 2 heterocycles. The molecule has 0 radical (unpaired) electrons. The fourth-order valence-electron chi connectivity index (χ4n) is 3.63. The number of anilines is 1. The van der Waals surface area contributed by atoms with Crippen molar-refractivity contribution in [2.45, 2.75) is 34.2 Å². The summed E-state index contributed by atoms with van der Waals surface area (Å²) in [5, 5.41) is 5.36. The second-order valence-electron chi connectivity index (χ2n) is 8.50. The van der Waals surface area contributed by atoms with Gasteiger partial charge in [-0.2, -0.15) is 0 Å². The van der Waals surface area contributed by atoms with E-state index in [4.69, 9.17) is 20.8 Å². The molecule has 3 amide bonds. The molecule has 0 saturated heterocycles. The van der Waals surface area contributed by atoms with E-state index in [0.717, 1.165) is 0 Å². The third-order valence-electron chi connectivity index (χ3n) is 5.22. The number of carbonyl (C=O) groups is 4. The third kappa shape index (κ3) is 6.42. The van der Waals surface area contributed by atoms with Gasteiger partial charge in [0.05, 0.1) is 24.3 Å². The number of furan rings is 1. The van der Waals surface area contributed by atoms with E-state index >= 15 is 0 Å². The molecule has 0 aliphatic carbocycles. The van der Waals surface area contributed by atoms with E-state index in [-0.39, 0.29) is 36.1 Å². The molecule has 0 spiro atoms. The highest BCUT2D eigenvalue weighted by Crippen LogP contribution is 2.32. The number of nitrogens with one attached hydrogen (secondary N) is 2. The fourth-order valence-corrected chi connectivity index (χ4v) is 3.82. The molecule has 0 unspecified atom stereocenters. The van der Waals surface area contributed by atoms with Crippen molar-refractivity contribution in [3.05, 3.63) is 69.8 Å². The first-order valence-corrected chi connectivity index (χ1v) is 11.8. The zero-order chi connectivity index (χ0) is 26.4. The molecule has 0 atom stereocenters. The number of carbonyl (C=O) groups excluding carboxylic acids is 4. The lowest BCUT2D eigenvalue weighted by molar-refractivity contribution is -0.138. The van der Waals surface area contributed by atoms with Crippen molar-refractivity contribution in [1.29, 1.82) is 0 Å². The summed E-state index contributed by atoms with van der Waals surface area (Å²) >= 11 is 5.88. The van der Waals surface area contributed by atoms with Crippen LogP contribution in [0, 0.1) is 5.92 Å². The first kappa shape index (κ1) is 26.7. The fraction of sp³-hybridized carbons (Fsp3) is 0.308. The van der Waals surface area contributed by atoms with Gasteiger partial charge in [0.25, 0.3) is 5.91 Å². The Hall–Kier alpha value is -3.85. The van der Waals surface area contributed by atoms with Crippen molar-refractivity contribution < 1.29 is 28.3 Å². The van der Waals surface area contributed by atoms with Crippen LogP contribution in [0.1, 0.15) is 39.2 Å². The predicted molar refractivity (Wildman–Crippen MR) is 134 cm³/mol. The smallest absolute Gasteiger partial charge is 0.340 e. The normalized spacial score (nSPS) is 14.6. The Bertz CT molecular complexity index is 1240. The minimum absolute atomic E-state index is 0.0575. The van der Waals surface area contributed by atoms with Gasteiger partial charge in [-0.05, 0) is 56.2 Å². The lowest BCUT2D eigenvalue weighted by Gasteiger charge is -2.19. The summed E-state index contributed by atoms with van der Waals surface area (Å²) in [4.78, 5) is 51.5. The zero-order valence-corrected chi connectivity index (χ0v) is 21.3. The molecule has 0 fully saturated rings. The highest BCUT2D eigenvalue weighted by atomic mass is 35.5. The Morgan fingerprint density at radius 1 is 1.17 bits per heavy atom. The molecular weight excluding hydrogens is 486 g/mol. The van der Waals surface area contributed by atoms with E-state index in [1.165, 1.54) is 12.1 Å². The van der Waals surface area contributed by atoms with Crippen LogP contribution in [0.15, 0.2) is 57.7 Å². The standard InChI is InChI=1S/C26H28ClN3O6/c1-5-35-26(34)22-16(4)30(14-15(2)3)25(33)21(22)12-19-9-10-20(36-19)13-28-23(31)24(32)29-18-8-6-7-17(27)11-18/h6-12,15H,5,13-14H2,1-4H3,(H,28,31)(H,29,32)/b21-12+. The van der Waals surface area contributed by atoms with E-state index in [1.807, 2.05) is 13.8 Å². The van der Waals surface area contributed by atoms with Crippen molar-refractivity contribution >= 4 is 47.1 Å². The number of allylic oxidation sites excluding steroid dienone is 1. The van der Waals surface area contributed by atoms with E-state index in [1.54, 1.807) is 49.1 Å². The quantitative estimate of drug-likeness (QED) is 0.314. The summed E-state index contributed by atoms with van der Waals surface area (Å²) in [6.45, 7) is 7.95. The second-order valence-corrected chi connectivity index (χ2v) is 8.94. The summed E-state index contributed by atoms with van der Waals surface area (Å²) in [6.07, 6.45) is 1.48. The van der Waals surface area contributed by atoms with Crippen LogP contribution in [0.4, 0.5) is 5.69 Å². The number of esters is 1. The molecule has 10 heteroatoms. The molecular formula is C26H28ClN3O6. The van der Waals surface area contributed by atoms with Gasteiger partial charge < -0.3 is 24.7 Å². The molecule has 36 heavy (non-hydrogen) atoms. The van der Waals surface area contributed by atoms with Gasteiger partial charge in [-0.1, -0.05) is 31.5 Å². The molecule has 9 nitrogen and oxygen atoms in total. The molecule has 2 aromatic rings. The first-order valence-electron chi connectivity index (χ1n) is 11.5. The Morgan fingerprint density at radius 3 is 2.58 bits per heavy atom. The zero-order valence-electron chi connectivity index (χ0n) is 20.5. The molecule has 1 aliphatic rings. The van der Waals surface area contributed by atoms with Crippen molar-refractivity contribution in [2.75, 3.05) is 18.5 Å². The maximum absolute atomic E-state index is 13.1. The second kappa shape index (κ2) is 11.7. The van der Waals surface area contributed by atoms with Crippen LogP contribution in [-0.4, -0.2) is 41.7 Å². The molecule has 1 aromatic carbocycles. The Kier molecular flexibility index (Phi) is 8.71. The summed E-state index contributed by atoms with van der Waals surface area (Å²) < 4.78 is 10.9. The van der Waals surface area contributed by atoms with Crippen LogP contribution in [0.2, 0.25) is 5.02 Å². The van der Waals surface area contributed by atoms with Crippen LogP contribution in [0.25, 0.3) is 6.08 Å². The number of nitrogens with zero attached hydrogens (tertiary/aromatic N) is 1. The van der Waals surface area contributed by atoms with E-state index in [9.17, 15) is 19.2 Å². The number of hydrogen-bond acceptors (Lipinski definition) is 6. The van der Waals surface area contributed by atoms with Crippen molar-refractivity contribution in [3.8, 4) is 0 Å². The highest BCUT2D eigenvalue weighted by molar-refractivity contribution is 6.39. The van der Waals surface area contributed by atoms with E-state index < -0.39 is 17.8 Å². The van der Waals surface area contributed by atoms with E-state index in [2.05, 4.69) is 10.6 Å². The lowest BCUT2D eigenvalue weighted by atomic mass is 10.1. The maximum Gasteiger partial charge on any atom is 0.340 e. The molecule has 1 aliphatic heterocycles. The lowest BCUT2D eigenvalue weighted by Crippen LogP contribution is -2.34. The van der Waals surface area contributed by atoms with Gasteiger partial charge in [-0.3, -0.25) is 14.4 Å². The minimum atomic E-state index is -0.857. The number of hydrogen-bond donors (Lipinski definition) is 2. The minimum Gasteiger partial charge on any atom is -0.462 e. The molecule has 190 valence electrons. The molecule has 2 N–H and O–H groups in total. The first-order chi connectivity index (χ1) is 17.1. The highest BCUT2D eigenvalue weighted by Gasteiger charge is 2.37. The average molecular weight is 514 g/mol. The van der Waals surface area contributed by atoms with Crippen LogP contribution >= 0.6 is 11.6 Å². The molecule has 0 saturated carbocycles. The number of rotatable bonds is 8. The van der Waals surface area contributed by atoms with Gasteiger partial charge in [0, 0.05) is 23.0 Å². The summed E-state index contributed by atoms with van der Waals surface area (Å²) in [7, 11) is 0. The van der Waals surface area contributed by atoms with Crippen molar-refractivity contribution in [1.82, 2.24) is 10.2 Å². The topological polar surface area (TPSA) is 118 Å². The van der Waals surface area contributed by atoms with Crippen LogP contribution in [0.5, 0.6) is 0 Å². The number of benzene rings is 1. The Balaban J connectivity index is 1.71. The maximum atomic E-state index is 13.1. The number of halogens is 1. The SMILES string of the molecule is CCOC(=O)C1=C(C)N(CC(C)C)C(=O)/C1=C/c1ccc(CNC(=O)C(=O)Nc2cccc(Cl)c2)o1. The van der Waals surface area contributed by atoms with Crippen molar-refractivity contribution in [2.24, 2.45) is 5.92 Å². The summed E-state index contributed by atoms with van der Waals surface area (Å²) in [6, 6.07) is 9.64. The van der Waals surface area contributed by atoms with Crippen molar-refractivity contribution in [3.63, 3.8) is 0 Å². The molecule has 0 bridgehead atoms. The Labute approximate surface area is 214 Å². The van der Waals surface area contributed by atoms with Gasteiger partial charge in [-0.15, -0.1) is 0 Å². The van der Waals surface area contributed by atoms with Crippen LogP contribution < -0.4 is 10.6 Å². The number of ether oxygens (including phenoxy) is 1. The van der Waals surface area contributed by atoms with Gasteiger partial charge >= 0.3 is 17.8 Å². The van der Waals surface area contributed by atoms with E-state index in [0.29, 0.717) is 34.5 Å². The largest absolute Gasteiger partial charge is 0.462 e. The number of amides is 3. The summed E-state index contributed by atoms with van der Waals surface area (Å²) in [5.41, 5.74) is 1.30.